The van der Waals surface area contributed by atoms with Crippen LogP contribution >= 0.6 is 0 Å². The van der Waals surface area contributed by atoms with Crippen LogP contribution in [0.4, 0.5) is 4.79 Å². The van der Waals surface area contributed by atoms with Crippen LogP contribution in [-0.4, -0.2) is 45.3 Å². The van der Waals surface area contributed by atoms with Gasteiger partial charge in [0, 0.05) is 19.1 Å². The van der Waals surface area contributed by atoms with Gasteiger partial charge in [0.1, 0.15) is 0 Å². The number of nitrogens with one attached hydrogen (secondary N) is 1. The zero-order valence-corrected chi connectivity index (χ0v) is 17.1. The quantitative estimate of drug-likeness (QED) is 0.493. The summed E-state index contributed by atoms with van der Waals surface area (Å²) in [7, 11) is -2.24. The summed E-state index contributed by atoms with van der Waals surface area (Å²) < 4.78 is 33.1. The summed E-state index contributed by atoms with van der Waals surface area (Å²) in [5, 5.41) is 2.93. The summed E-state index contributed by atoms with van der Waals surface area (Å²) in [5.41, 5.74) is 0.760. The molecule has 0 heterocycles. The highest BCUT2D eigenvalue weighted by molar-refractivity contribution is 7.86. The molecule has 0 aliphatic carbocycles. The number of nitrogens with zero attached hydrogens (tertiary/aromatic N) is 1. The van der Waals surface area contributed by atoms with Crippen molar-refractivity contribution < 1.29 is 22.1 Å². The molecule has 8 heteroatoms. The van der Waals surface area contributed by atoms with Crippen LogP contribution in [0, 0.1) is 0 Å². The first-order valence-electron chi connectivity index (χ1n) is 8.82. The molecule has 0 bridgehead atoms. The van der Waals surface area contributed by atoms with Crippen molar-refractivity contribution in [2.45, 2.75) is 52.6 Å². The minimum Gasteiger partial charge on any atom is -0.493 e. The number of benzene rings is 1. The highest BCUT2D eigenvalue weighted by Gasteiger charge is 2.20. The number of rotatable bonds is 10. The molecule has 0 aliphatic rings. The SMILES string of the molecule is CCCCNC(=O)N(Cc1ccc(OC)c(OS(C)(=O)=O)c1)C(C)CC. The van der Waals surface area contributed by atoms with Crippen LogP contribution in [-0.2, 0) is 16.7 Å². The molecular formula is C18H30N2O5S. The van der Waals surface area contributed by atoms with Crippen molar-refractivity contribution in [3.8, 4) is 11.5 Å². The van der Waals surface area contributed by atoms with E-state index in [1.165, 1.54) is 7.11 Å². The molecule has 1 unspecified atom stereocenters. The first-order chi connectivity index (χ1) is 12.2. The normalized spacial score (nSPS) is 12.3. The smallest absolute Gasteiger partial charge is 0.317 e. The molecule has 0 saturated carbocycles. The third-order valence-corrected chi connectivity index (χ3v) is 4.49. The second-order valence-electron chi connectivity index (χ2n) is 6.24. The molecule has 0 aliphatic heterocycles. The van der Waals surface area contributed by atoms with Crippen LogP contribution < -0.4 is 14.2 Å². The van der Waals surface area contributed by atoms with Crippen LogP contribution in [0.2, 0.25) is 0 Å². The Morgan fingerprint density at radius 1 is 1.27 bits per heavy atom. The Balaban J connectivity index is 3.02. The predicted molar refractivity (Wildman–Crippen MR) is 102 cm³/mol. The largest absolute Gasteiger partial charge is 0.493 e. The lowest BCUT2D eigenvalue weighted by atomic mass is 10.1. The molecule has 0 saturated heterocycles. The summed E-state index contributed by atoms with van der Waals surface area (Å²) in [5.74, 6) is 0.435. The predicted octanol–water partition coefficient (Wildman–Crippen LogP) is 3.14. The van der Waals surface area contributed by atoms with E-state index in [0.29, 0.717) is 18.8 Å². The Hall–Kier alpha value is -1.96. The molecule has 26 heavy (non-hydrogen) atoms. The van der Waals surface area contributed by atoms with Gasteiger partial charge < -0.3 is 19.1 Å². The van der Waals surface area contributed by atoms with Gasteiger partial charge in [-0.05, 0) is 37.5 Å². The van der Waals surface area contributed by atoms with Crippen molar-refractivity contribution in [2.24, 2.45) is 0 Å². The molecule has 1 aromatic rings. The number of hydrogen-bond acceptors (Lipinski definition) is 5. The van der Waals surface area contributed by atoms with E-state index < -0.39 is 10.1 Å². The summed E-state index contributed by atoms with van der Waals surface area (Å²) >= 11 is 0. The Labute approximate surface area is 156 Å². The van der Waals surface area contributed by atoms with Gasteiger partial charge in [0.15, 0.2) is 11.5 Å². The Morgan fingerprint density at radius 2 is 1.96 bits per heavy atom. The van der Waals surface area contributed by atoms with Gasteiger partial charge in [-0.25, -0.2) is 4.79 Å². The monoisotopic (exact) mass is 386 g/mol. The van der Waals surface area contributed by atoms with Crippen LogP contribution in [0.3, 0.4) is 0 Å². The zero-order chi connectivity index (χ0) is 19.7. The molecule has 2 amide bonds. The Morgan fingerprint density at radius 3 is 2.50 bits per heavy atom. The highest BCUT2D eigenvalue weighted by Crippen LogP contribution is 2.30. The molecular weight excluding hydrogens is 356 g/mol. The van der Waals surface area contributed by atoms with E-state index in [-0.39, 0.29) is 17.8 Å². The lowest BCUT2D eigenvalue weighted by molar-refractivity contribution is 0.173. The van der Waals surface area contributed by atoms with Gasteiger partial charge in [0.05, 0.1) is 13.4 Å². The number of urea groups is 1. The standard InChI is InChI=1S/C18H30N2O5S/c1-6-8-11-19-18(21)20(14(3)7-2)13-15-9-10-16(24-4)17(12-15)25-26(5,22)23/h9-10,12,14H,6-8,11,13H2,1-5H3,(H,19,21). The number of hydrogen-bond donors (Lipinski definition) is 1. The summed E-state index contributed by atoms with van der Waals surface area (Å²) in [4.78, 5) is 14.3. The summed E-state index contributed by atoms with van der Waals surface area (Å²) in [6.45, 7) is 7.05. The molecule has 1 aromatic carbocycles. The van der Waals surface area contributed by atoms with Gasteiger partial charge in [-0.1, -0.05) is 26.3 Å². The van der Waals surface area contributed by atoms with E-state index in [1.807, 2.05) is 13.8 Å². The van der Waals surface area contributed by atoms with Crippen LogP contribution in [0.1, 0.15) is 45.6 Å². The topological polar surface area (TPSA) is 84.9 Å². The minimum atomic E-state index is -3.68. The van der Waals surface area contributed by atoms with Crippen molar-refractivity contribution in [2.75, 3.05) is 19.9 Å². The van der Waals surface area contributed by atoms with Crippen LogP contribution in [0.15, 0.2) is 18.2 Å². The molecule has 0 radical (unpaired) electrons. The first-order valence-corrected chi connectivity index (χ1v) is 10.6. The van der Waals surface area contributed by atoms with E-state index >= 15 is 0 Å². The van der Waals surface area contributed by atoms with E-state index in [2.05, 4.69) is 12.2 Å². The van der Waals surface area contributed by atoms with Crippen LogP contribution in [0.5, 0.6) is 11.5 Å². The van der Waals surface area contributed by atoms with E-state index in [1.54, 1.807) is 23.1 Å². The first kappa shape index (κ1) is 22.1. The van der Waals surface area contributed by atoms with E-state index in [0.717, 1.165) is 31.1 Å². The fourth-order valence-corrected chi connectivity index (χ4v) is 2.82. The van der Waals surface area contributed by atoms with Gasteiger partial charge in [0.25, 0.3) is 0 Å². The highest BCUT2D eigenvalue weighted by atomic mass is 32.2. The van der Waals surface area contributed by atoms with Crippen molar-refractivity contribution in [3.63, 3.8) is 0 Å². The molecule has 148 valence electrons. The zero-order valence-electron chi connectivity index (χ0n) is 16.2. The molecule has 1 rings (SSSR count). The van der Waals surface area contributed by atoms with E-state index in [9.17, 15) is 13.2 Å². The van der Waals surface area contributed by atoms with Crippen LogP contribution in [0.25, 0.3) is 0 Å². The number of ether oxygens (including phenoxy) is 1. The molecule has 0 fully saturated rings. The number of amides is 2. The summed E-state index contributed by atoms with van der Waals surface area (Å²) in [6.07, 6.45) is 3.72. The maximum Gasteiger partial charge on any atom is 0.317 e. The number of carbonyl (C=O) groups excluding carboxylic acids is 1. The van der Waals surface area contributed by atoms with Gasteiger partial charge in [0.2, 0.25) is 0 Å². The molecule has 1 atom stereocenters. The lowest BCUT2D eigenvalue weighted by Crippen LogP contribution is -2.44. The van der Waals surface area contributed by atoms with Crippen molar-refractivity contribution >= 4 is 16.1 Å². The average molecular weight is 387 g/mol. The van der Waals surface area contributed by atoms with Gasteiger partial charge >= 0.3 is 16.1 Å². The maximum atomic E-state index is 12.5. The second-order valence-corrected chi connectivity index (χ2v) is 7.82. The van der Waals surface area contributed by atoms with Crippen molar-refractivity contribution in [1.82, 2.24) is 10.2 Å². The molecule has 0 aromatic heterocycles. The molecule has 0 spiro atoms. The van der Waals surface area contributed by atoms with Crippen molar-refractivity contribution in [3.05, 3.63) is 23.8 Å². The number of carbonyl (C=O) groups is 1. The lowest BCUT2D eigenvalue weighted by Gasteiger charge is -2.29. The average Bonchev–Trinajstić information content (AvgIpc) is 2.58. The third-order valence-electron chi connectivity index (χ3n) is 4.01. The maximum absolute atomic E-state index is 12.5. The number of methoxy groups -OCH3 is 1. The van der Waals surface area contributed by atoms with E-state index in [4.69, 9.17) is 8.92 Å². The fraction of sp³-hybridized carbons (Fsp3) is 0.611. The van der Waals surface area contributed by atoms with Crippen molar-refractivity contribution in [1.29, 1.82) is 0 Å². The minimum absolute atomic E-state index is 0.0398. The fourth-order valence-electron chi connectivity index (χ4n) is 2.37. The van der Waals surface area contributed by atoms with Gasteiger partial charge in [-0.2, -0.15) is 8.42 Å². The summed E-state index contributed by atoms with van der Waals surface area (Å²) in [6, 6.07) is 4.93. The third kappa shape index (κ3) is 7.11. The van der Waals surface area contributed by atoms with Gasteiger partial charge in [-0.3, -0.25) is 0 Å². The Kier molecular flexibility index (Phi) is 8.71. The second kappa shape index (κ2) is 10.3. The number of unbranched alkanes of at least 4 members (excludes halogenated alkanes) is 1. The van der Waals surface area contributed by atoms with Gasteiger partial charge in [-0.15, -0.1) is 0 Å². The molecule has 7 nitrogen and oxygen atoms in total. The molecule has 1 N–H and O–H groups in total. The Bertz CT molecular complexity index is 691.